The summed E-state index contributed by atoms with van der Waals surface area (Å²) < 4.78 is 3.53. The number of aryl methyl sites for hydroxylation is 1. The number of para-hydroxylation sites is 1. The second-order valence-electron chi connectivity index (χ2n) is 4.37. The number of rotatable bonds is 3. The number of aromatic nitrogens is 4. The fraction of sp³-hybridized carbons (Fsp3) is 0.143. The van der Waals surface area contributed by atoms with Crippen molar-refractivity contribution in [2.45, 2.75) is 12.8 Å². The van der Waals surface area contributed by atoms with E-state index in [2.05, 4.69) is 10.2 Å². The molecule has 1 aromatic carbocycles. The molecule has 0 saturated heterocycles. The summed E-state index contributed by atoms with van der Waals surface area (Å²) in [6, 6.07) is 9.87. The van der Waals surface area contributed by atoms with Crippen molar-refractivity contribution in [1.82, 2.24) is 19.6 Å². The normalized spacial score (nSPS) is 10.9. The van der Waals surface area contributed by atoms with Crippen LogP contribution in [0.2, 0.25) is 5.02 Å². The van der Waals surface area contributed by atoms with Gasteiger partial charge in [-0.3, -0.25) is 0 Å². The Morgan fingerprint density at radius 3 is 2.55 bits per heavy atom. The molecule has 0 aliphatic heterocycles. The van der Waals surface area contributed by atoms with Gasteiger partial charge in [-0.25, -0.2) is 9.36 Å². The van der Waals surface area contributed by atoms with E-state index in [1.54, 1.807) is 17.1 Å². The Bertz CT molecular complexity index is 731. The van der Waals surface area contributed by atoms with Gasteiger partial charge >= 0.3 is 0 Å². The van der Waals surface area contributed by atoms with E-state index in [-0.39, 0.29) is 0 Å². The Morgan fingerprint density at radius 2 is 1.95 bits per heavy atom. The molecule has 6 heteroatoms. The van der Waals surface area contributed by atoms with Crippen molar-refractivity contribution in [2.24, 2.45) is 0 Å². The number of halogens is 2. The Morgan fingerprint density at radius 1 is 1.20 bits per heavy atom. The van der Waals surface area contributed by atoms with Crippen molar-refractivity contribution in [3.63, 3.8) is 0 Å². The van der Waals surface area contributed by atoms with E-state index in [9.17, 15) is 0 Å². The Kier molecular flexibility index (Phi) is 3.51. The summed E-state index contributed by atoms with van der Waals surface area (Å²) >= 11 is 12.0. The molecule has 0 amide bonds. The van der Waals surface area contributed by atoms with Crippen LogP contribution < -0.4 is 0 Å². The standard InChI is InChI=1S/C14H12Cl2N4/c1-10-13(7-15)14(19-9-11(16)8-17-19)20(18-10)12-5-3-2-4-6-12/h2-6,8-9H,7H2,1H3. The summed E-state index contributed by atoms with van der Waals surface area (Å²) in [5.74, 6) is 1.18. The van der Waals surface area contributed by atoms with Crippen LogP contribution in [0.1, 0.15) is 11.3 Å². The maximum Gasteiger partial charge on any atom is 0.161 e. The van der Waals surface area contributed by atoms with E-state index in [4.69, 9.17) is 23.2 Å². The molecule has 0 radical (unpaired) electrons. The second kappa shape index (κ2) is 5.31. The molecule has 20 heavy (non-hydrogen) atoms. The molecular weight excluding hydrogens is 295 g/mol. The first-order valence-corrected chi connectivity index (χ1v) is 7.02. The van der Waals surface area contributed by atoms with Crippen molar-refractivity contribution < 1.29 is 0 Å². The number of hydrogen-bond acceptors (Lipinski definition) is 2. The van der Waals surface area contributed by atoms with Gasteiger partial charge in [0.1, 0.15) is 0 Å². The number of nitrogens with zero attached hydrogens (tertiary/aromatic N) is 4. The van der Waals surface area contributed by atoms with Crippen LogP contribution in [0, 0.1) is 6.92 Å². The summed E-state index contributed by atoms with van der Waals surface area (Å²) in [6.07, 6.45) is 3.34. The molecule has 0 aliphatic carbocycles. The summed E-state index contributed by atoms with van der Waals surface area (Å²) in [7, 11) is 0. The topological polar surface area (TPSA) is 35.6 Å². The van der Waals surface area contributed by atoms with Crippen LogP contribution in [-0.2, 0) is 5.88 Å². The first-order chi connectivity index (χ1) is 9.70. The van der Waals surface area contributed by atoms with Crippen LogP contribution >= 0.6 is 23.2 Å². The van der Waals surface area contributed by atoms with E-state index in [0.717, 1.165) is 22.8 Å². The van der Waals surface area contributed by atoms with E-state index in [0.29, 0.717) is 10.9 Å². The van der Waals surface area contributed by atoms with Crippen molar-refractivity contribution >= 4 is 23.2 Å². The Labute approximate surface area is 126 Å². The molecule has 2 aromatic heterocycles. The largest absolute Gasteiger partial charge is 0.221 e. The van der Waals surface area contributed by atoms with Gasteiger partial charge in [0.25, 0.3) is 0 Å². The number of benzene rings is 1. The molecule has 2 heterocycles. The molecule has 0 aliphatic rings. The molecule has 0 atom stereocenters. The third kappa shape index (κ3) is 2.21. The van der Waals surface area contributed by atoms with Crippen LogP contribution in [0.15, 0.2) is 42.7 Å². The molecular formula is C14H12Cl2N4. The van der Waals surface area contributed by atoms with Gasteiger partial charge in [0, 0.05) is 5.56 Å². The fourth-order valence-electron chi connectivity index (χ4n) is 2.11. The minimum Gasteiger partial charge on any atom is -0.221 e. The third-order valence-electron chi connectivity index (χ3n) is 3.06. The van der Waals surface area contributed by atoms with Gasteiger partial charge < -0.3 is 0 Å². The van der Waals surface area contributed by atoms with E-state index in [1.165, 1.54) is 0 Å². The van der Waals surface area contributed by atoms with Crippen molar-refractivity contribution in [3.05, 3.63) is 59.0 Å². The maximum atomic E-state index is 6.07. The van der Waals surface area contributed by atoms with Gasteiger partial charge in [-0.2, -0.15) is 10.2 Å². The molecule has 3 rings (SSSR count). The highest BCUT2D eigenvalue weighted by Crippen LogP contribution is 2.24. The molecule has 4 nitrogen and oxygen atoms in total. The first kappa shape index (κ1) is 13.2. The van der Waals surface area contributed by atoms with Crippen molar-refractivity contribution in [1.29, 1.82) is 0 Å². The summed E-state index contributed by atoms with van der Waals surface area (Å²) in [6.45, 7) is 1.94. The minimum atomic E-state index is 0.367. The summed E-state index contributed by atoms with van der Waals surface area (Å²) in [4.78, 5) is 0. The van der Waals surface area contributed by atoms with Crippen LogP contribution in [0.4, 0.5) is 0 Å². The Hall–Kier alpha value is -1.78. The lowest BCUT2D eigenvalue weighted by atomic mass is 10.2. The predicted octanol–water partition coefficient (Wildman–Crippen LogP) is 3.76. The monoisotopic (exact) mass is 306 g/mol. The summed E-state index contributed by atoms with van der Waals surface area (Å²) in [5, 5.41) is 9.40. The zero-order chi connectivity index (χ0) is 14.1. The van der Waals surface area contributed by atoms with E-state index < -0.39 is 0 Å². The fourth-order valence-corrected chi connectivity index (χ4v) is 2.55. The molecule has 0 N–H and O–H groups in total. The minimum absolute atomic E-state index is 0.367. The van der Waals surface area contributed by atoms with Crippen molar-refractivity contribution in [2.75, 3.05) is 0 Å². The smallest absolute Gasteiger partial charge is 0.161 e. The predicted molar refractivity (Wildman–Crippen MR) is 80.0 cm³/mol. The number of alkyl halides is 1. The molecule has 3 aromatic rings. The highest BCUT2D eigenvalue weighted by Gasteiger charge is 2.18. The zero-order valence-electron chi connectivity index (χ0n) is 10.8. The molecule has 0 fully saturated rings. The highest BCUT2D eigenvalue weighted by molar-refractivity contribution is 6.30. The van der Waals surface area contributed by atoms with Gasteiger partial charge in [-0.1, -0.05) is 29.8 Å². The Balaban J connectivity index is 2.25. The molecule has 102 valence electrons. The lowest BCUT2D eigenvalue weighted by Crippen LogP contribution is -2.07. The molecule has 0 saturated carbocycles. The van der Waals surface area contributed by atoms with Gasteiger partial charge in [-0.15, -0.1) is 11.6 Å². The average Bonchev–Trinajstić information content (AvgIpc) is 3.03. The highest BCUT2D eigenvalue weighted by atomic mass is 35.5. The average molecular weight is 307 g/mol. The van der Waals surface area contributed by atoms with E-state index in [1.807, 2.05) is 41.9 Å². The van der Waals surface area contributed by atoms with Crippen LogP contribution in [0.3, 0.4) is 0 Å². The van der Waals surface area contributed by atoms with Gasteiger partial charge in [-0.05, 0) is 19.1 Å². The van der Waals surface area contributed by atoms with Crippen LogP contribution in [0.5, 0.6) is 0 Å². The van der Waals surface area contributed by atoms with Gasteiger partial charge in [0.2, 0.25) is 0 Å². The third-order valence-corrected chi connectivity index (χ3v) is 3.52. The molecule has 0 bridgehead atoms. The lowest BCUT2D eigenvalue weighted by Gasteiger charge is -2.08. The number of hydrogen-bond donors (Lipinski definition) is 0. The van der Waals surface area contributed by atoms with Crippen LogP contribution in [-0.4, -0.2) is 19.6 Å². The summed E-state index contributed by atoms with van der Waals surface area (Å²) in [5.41, 5.74) is 2.77. The quantitative estimate of drug-likeness (QED) is 0.691. The maximum absolute atomic E-state index is 6.07. The van der Waals surface area contributed by atoms with Gasteiger partial charge in [0.05, 0.1) is 34.7 Å². The second-order valence-corrected chi connectivity index (χ2v) is 5.08. The van der Waals surface area contributed by atoms with Crippen LogP contribution in [0.25, 0.3) is 11.5 Å². The van der Waals surface area contributed by atoms with Gasteiger partial charge in [0.15, 0.2) is 5.82 Å². The van der Waals surface area contributed by atoms with E-state index >= 15 is 0 Å². The SMILES string of the molecule is Cc1nn(-c2ccccc2)c(-n2cc(Cl)cn2)c1CCl. The zero-order valence-corrected chi connectivity index (χ0v) is 12.3. The first-order valence-electron chi connectivity index (χ1n) is 6.11. The lowest BCUT2D eigenvalue weighted by molar-refractivity contribution is 0.758. The molecule has 0 unspecified atom stereocenters. The van der Waals surface area contributed by atoms with Crippen molar-refractivity contribution in [3.8, 4) is 11.5 Å². The molecule has 0 spiro atoms.